The minimum Gasteiger partial charge on any atom is -0.364 e. The Kier molecular flexibility index (Phi) is 3.85. The van der Waals surface area contributed by atoms with Gasteiger partial charge in [-0.05, 0) is 43.4 Å². The second-order valence-electron chi connectivity index (χ2n) is 5.66. The average molecular weight is 362 g/mol. The van der Waals surface area contributed by atoms with Crippen LogP contribution >= 0.6 is 15.9 Å². The molecule has 3 heterocycles. The molecule has 0 unspecified atom stereocenters. The Bertz CT molecular complexity index is 745. The molecule has 116 valence electrons. The maximum atomic E-state index is 11.6. The third kappa shape index (κ3) is 2.10. The molecule has 4 nitrogen and oxygen atoms in total. The number of nitrogens with two attached hydrogens (primary N) is 1. The third-order valence-corrected chi connectivity index (χ3v) is 5.05. The number of carbonyl (C=O) groups is 1. The van der Waals surface area contributed by atoms with Crippen LogP contribution in [0.3, 0.4) is 0 Å². The fourth-order valence-corrected chi connectivity index (χ4v) is 3.88. The van der Waals surface area contributed by atoms with Gasteiger partial charge < -0.3 is 10.3 Å². The summed E-state index contributed by atoms with van der Waals surface area (Å²) >= 11 is 3.53. The quantitative estimate of drug-likeness (QED) is 0.827. The first kappa shape index (κ1) is 15.3. The number of aromatic nitrogens is 2. The Labute approximate surface area is 138 Å². The number of primary amides is 1. The normalized spacial score (nSPS) is 20.7. The Morgan fingerprint density at radius 1 is 1.36 bits per heavy atom. The molecular formula is C17H20BrN3O. The van der Waals surface area contributed by atoms with E-state index in [0.717, 1.165) is 34.4 Å². The van der Waals surface area contributed by atoms with Gasteiger partial charge in [0.1, 0.15) is 11.5 Å². The number of hydrogen-bond acceptors (Lipinski definition) is 2. The molecule has 0 atom stereocenters. The van der Waals surface area contributed by atoms with Crippen molar-refractivity contribution in [2.45, 2.75) is 45.6 Å². The molecule has 1 fully saturated rings. The van der Waals surface area contributed by atoms with Gasteiger partial charge in [0.05, 0.1) is 0 Å². The summed E-state index contributed by atoms with van der Waals surface area (Å²) < 4.78 is 3.23. The predicted octanol–water partition coefficient (Wildman–Crippen LogP) is 4.18. The van der Waals surface area contributed by atoms with Crippen molar-refractivity contribution in [3.05, 3.63) is 39.6 Å². The number of nitrogens with zero attached hydrogens (tertiary/aromatic N) is 2. The number of carbonyl (C=O) groups excluding carboxylic acids is 1. The van der Waals surface area contributed by atoms with E-state index in [4.69, 9.17) is 5.73 Å². The molecule has 1 aromatic carbocycles. The van der Waals surface area contributed by atoms with Crippen molar-refractivity contribution in [1.29, 1.82) is 0 Å². The summed E-state index contributed by atoms with van der Waals surface area (Å²) in [6.45, 7) is 5.94. The first-order valence-corrected chi connectivity index (χ1v) is 8.54. The Morgan fingerprint density at radius 3 is 2.68 bits per heavy atom. The lowest BCUT2D eigenvalue weighted by Gasteiger charge is -2.35. The third-order valence-electron chi connectivity index (χ3n) is 4.56. The molecule has 1 aliphatic carbocycles. The van der Waals surface area contributed by atoms with Gasteiger partial charge >= 0.3 is 0 Å². The molecule has 0 radical (unpaired) electrons. The Balaban J connectivity index is 0.000000693. The van der Waals surface area contributed by atoms with Crippen LogP contribution in [-0.2, 0) is 0 Å². The van der Waals surface area contributed by atoms with E-state index in [-0.39, 0.29) is 0 Å². The van der Waals surface area contributed by atoms with E-state index in [1.54, 1.807) is 0 Å². The molecule has 0 saturated heterocycles. The maximum absolute atomic E-state index is 11.6. The van der Waals surface area contributed by atoms with E-state index in [1.807, 2.05) is 20.8 Å². The van der Waals surface area contributed by atoms with Crippen molar-refractivity contribution < 1.29 is 4.79 Å². The highest BCUT2D eigenvalue weighted by Gasteiger charge is 2.40. The van der Waals surface area contributed by atoms with Crippen molar-refractivity contribution in [1.82, 2.24) is 9.55 Å². The molecule has 22 heavy (non-hydrogen) atoms. The van der Waals surface area contributed by atoms with Crippen molar-refractivity contribution in [2.75, 3.05) is 0 Å². The average Bonchev–Trinajstić information content (AvgIpc) is 2.66. The zero-order chi connectivity index (χ0) is 16.0. The molecule has 0 spiro atoms. The number of hydrogen-bond donors (Lipinski definition) is 1. The predicted molar refractivity (Wildman–Crippen MR) is 91.0 cm³/mol. The second kappa shape index (κ2) is 5.54. The van der Waals surface area contributed by atoms with Crippen molar-refractivity contribution in [2.24, 2.45) is 5.73 Å². The van der Waals surface area contributed by atoms with E-state index >= 15 is 0 Å². The Hall–Kier alpha value is -1.62. The Morgan fingerprint density at radius 2 is 2.05 bits per heavy atom. The van der Waals surface area contributed by atoms with Gasteiger partial charge in [0, 0.05) is 21.8 Å². The van der Waals surface area contributed by atoms with Gasteiger partial charge in [0.15, 0.2) is 0 Å². The van der Waals surface area contributed by atoms with Crippen LogP contribution in [0.25, 0.3) is 11.4 Å². The minimum atomic E-state index is -0.449. The fraction of sp³-hybridized carbons (Fsp3) is 0.412. The van der Waals surface area contributed by atoms with Crippen molar-refractivity contribution in [3.8, 4) is 11.4 Å². The number of rotatable bonds is 1. The number of halogens is 1. The fourth-order valence-electron chi connectivity index (χ4n) is 3.51. The largest absolute Gasteiger partial charge is 0.364 e. The molecule has 5 heteroatoms. The first-order valence-electron chi connectivity index (χ1n) is 7.74. The summed E-state index contributed by atoms with van der Waals surface area (Å²) in [5, 5.41) is 0. The summed E-state index contributed by atoms with van der Waals surface area (Å²) in [6.07, 6.45) is 2.24. The lowest BCUT2D eigenvalue weighted by Crippen LogP contribution is -2.24. The van der Waals surface area contributed by atoms with Crippen molar-refractivity contribution in [3.63, 3.8) is 0 Å². The van der Waals surface area contributed by atoms with Gasteiger partial charge in [-0.2, -0.15) is 0 Å². The summed E-state index contributed by atoms with van der Waals surface area (Å²) in [5.41, 5.74) is 9.20. The van der Waals surface area contributed by atoms with Gasteiger partial charge in [-0.15, -0.1) is 0 Å². The first-order chi connectivity index (χ1) is 10.6. The number of benzene rings is 1. The van der Waals surface area contributed by atoms with E-state index < -0.39 is 5.91 Å². The zero-order valence-electron chi connectivity index (χ0n) is 13.1. The molecule has 1 saturated carbocycles. The van der Waals surface area contributed by atoms with E-state index in [9.17, 15) is 4.79 Å². The summed E-state index contributed by atoms with van der Waals surface area (Å²) in [4.78, 5) is 16.1. The van der Waals surface area contributed by atoms with Gasteiger partial charge in [-0.1, -0.05) is 35.8 Å². The van der Waals surface area contributed by atoms with Gasteiger partial charge in [0.2, 0.25) is 0 Å². The monoisotopic (exact) mass is 361 g/mol. The lowest BCUT2D eigenvalue weighted by molar-refractivity contribution is 0.0995. The van der Waals surface area contributed by atoms with Crippen LogP contribution in [0.15, 0.2) is 22.7 Å². The summed E-state index contributed by atoms with van der Waals surface area (Å²) in [5.74, 6) is 1.05. The minimum absolute atomic E-state index is 0.399. The van der Waals surface area contributed by atoms with E-state index in [0.29, 0.717) is 17.7 Å². The van der Waals surface area contributed by atoms with Gasteiger partial charge in [0.25, 0.3) is 5.91 Å². The highest BCUT2D eigenvalue weighted by molar-refractivity contribution is 9.10. The molecule has 2 aliphatic heterocycles. The van der Waals surface area contributed by atoms with E-state index in [1.165, 1.54) is 5.56 Å². The van der Waals surface area contributed by atoms with Crippen LogP contribution in [0.5, 0.6) is 0 Å². The van der Waals surface area contributed by atoms with E-state index in [2.05, 4.69) is 43.7 Å². The molecule has 2 N–H and O–H groups in total. The van der Waals surface area contributed by atoms with Crippen LogP contribution in [0.1, 0.15) is 60.4 Å². The molecule has 1 aromatic heterocycles. The van der Waals surface area contributed by atoms with Crippen LogP contribution < -0.4 is 5.73 Å². The summed E-state index contributed by atoms with van der Waals surface area (Å²) in [6, 6.07) is 6.79. The van der Waals surface area contributed by atoms with Crippen molar-refractivity contribution >= 4 is 21.8 Å². The maximum Gasteiger partial charge on any atom is 0.269 e. The smallest absolute Gasteiger partial charge is 0.269 e. The number of amides is 1. The van der Waals surface area contributed by atoms with Gasteiger partial charge in [-0.3, -0.25) is 4.79 Å². The van der Waals surface area contributed by atoms with Crippen LogP contribution in [0, 0.1) is 6.92 Å². The highest BCUT2D eigenvalue weighted by atomic mass is 79.9. The molecule has 1 amide bonds. The molecule has 2 aromatic rings. The molecule has 2 bridgehead atoms. The second-order valence-corrected chi connectivity index (χ2v) is 6.57. The topological polar surface area (TPSA) is 60.9 Å². The number of imidazole rings is 1. The van der Waals surface area contributed by atoms with Crippen LogP contribution in [-0.4, -0.2) is 15.5 Å². The van der Waals surface area contributed by atoms with Crippen LogP contribution in [0.2, 0.25) is 0 Å². The highest BCUT2D eigenvalue weighted by Crippen LogP contribution is 2.52. The van der Waals surface area contributed by atoms with Gasteiger partial charge in [-0.25, -0.2) is 4.98 Å². The molecular weight excluding hydrogens is 342 g/mol. The molecule has 5 rings (SSSR count). The standard InChI is InChI=1S/C15H14BrN3O.C2H6/c1-7-13(14(17)20)18-15-12-6-9(16)2-3-11(12)8-4-10(5-8)19(7)15;1-2/h2-3,6,8,10H,4-5H2,1H3,(H2,17,20);1-2H3. The van der Waals surface area contributed by atoms with Crippen LogP contribution in [0.4, 0.5) is 0 Å². The summed E-state index contributed by atoms with van der Waals surface area (Å²) in [7, 11) is 0. The molecule has 3 aliphatic rings. The zero-order valence-corrected chi connectivity index (χ0v) is 14.6. The lowest BCUT2D eigenvalue weighted by atomic mass is 9.76. The SMILES string of the molecule is CC.Cc1c(C(N)=O)nc2n1C1CC(C1)c1ccc(Br)cc1-2.